The van der Waals surface area contributed by atoms with Crippen LogP contribution in [-0.2, 0) is 29.9 Å². The van der Waals surface area contributed by atoms with E-state index in [1.54, 1.807) is 15.1 Å². The van der Waals surface area contributed by atoms with Gasteiger partial charge in [0, 0.05) is 39.4 Å². The highest BCUT2D eigenvalue weighted by Gasteiger charge is 2.29. The molecule has 24 heavy (non-hydrogen) atoms. The van der Waals surface area contributed by atoms with E-state index in [9.17, 15) is 8.42 Å². The van der Waals surface area contributed by atoms with Crippen molar-refractivity contribution in [1.82, 2.24) is 14.1 Å². The van der Waals surface area contributed by atoms with Gasteiger partial charge in [-0.1, -0.05) is 6.07 Å². The summed E-state index contributed by atoms with van der Waals surface area (Å²) in [7, 11) is -1.51. The Bertz CT molecular complexity index is 851. The maximum Gasteiger partial charge on any atom is 0.243 e. The van der Waals surface area contributed by atoms with Crippen molar-refractivity contribution >= 4 is 15.7 Å². The molecule has 6 nitrogen and oxygen atoms in total. The van der Waals surface area contributed by atoms with Crippen LogP contribution >= 0.6 is 0 Å². The van der Waals surface area contributed by atoms with Crippen LogP contribution in [0.1, 0.15) is 17.5 Å². The van der Waals surface area contributed by atoms with E-state index in [1.165, 1.54) is 11.1 Å². The summed E-state index contributed by atoms with van der Waals surface area (Å²) >= 11 is 0. The largest absolute Gasteiger partial charge is 0.366 e. The van der Waals surface area contributed by atoms with Crippen molar-refractivity contribution in [2.24, 2.45) is 7.05 Å². The molecule has 7 heteroatoms. The van der Waals surface area contributed by atoms with Gasteiger partial charge in [-0.3, -0.25) is 4.68 Å². The molecule has 2 aromatic rings. The van der Waals surface area contributed by atoms with Gasteiger partial charge in [-0.05, 0) is 42.5 Å². The normalized spacial score (nSPS) is 18.8. The highest BCUT2D eigenvalue weighted by molar-refractivity contribution is 7.89. The van der Waals surface area contributed by atoms with Gasteiger partial charge in [0.05, 0.1) is 16.8 Å². The van der Waals surface area contributed by atoms with Gasteiger partial charge < -0.3 is 4.90 Å². The standard InChI is InChI=1S/C17H22N4O2S/c1-19-13-16(12-18-19)20-7-9-21(10-8-20)24(22,23)17-6-5-14-3-2-4-15(14)11-17/h5-6,11-13H,2-4,7-10H2,1H3. The Kier molecular flexibility index (Phi) is 3.85. The second kappa shape index (κ2) is 5.89. The van der Waals surface area contributed by atoms with Crippen LogP contribution in [0.3, 0.4) is 0 Å². The quantitative estimate of drug-likeness (QED) is 0.843. The van der Waals surface area contributed by atoms with Crippen LogP contribution in [0.4, 0.5) is 5.69 Å². The Balaban J connectivity index is 1.50. The molecule has 0 amide bonds. The van der Waals surface area contributed by atoms with Crippen LogP contribution in [0.2, 0.25) is 0 Å². The number of hydrogen-bond acceptors (Lipinski definition) is 4. The predicted molar refractivity (Wildman–Crippen MR) is 92.6 cm³/mol. The zero-order valence-electron chi connectivity index (χ0n) is 13.9. The first kappa shape index (κ1) is 15.7. The first-order chi connectivity index (χ1) is 11.5. The lowest BCUT2D eigenvalue weighted by molar-refractivity contribution is 0.385. The Hall–Kier alpha value is -1.86. The number of hydrogen-bond donors (Lipinski definition) is 0. The fourth-order valence-corrected chi connectivity index (χ4v) is 5.09. The maximum absolute atomic E-state index is 12.9. The Labute approximate surface area is 142 Å². The Morgan fingerprint density at radius 1 is 1.04 bits per heavy atom. The van der Waals surface area contributed by atoms with E-state index in [-0.39, 0.29) is 0 Å². The molecule has 2 aliphatic rings. The summed E-state index contributed by atoms with van der Waals surface area (Å²) in [6, 6.07) is 5.64. The Morgan fingerprint density at radius 3 is 2.50 bits per heavy atom. The van der Waals surface area contributed by atoms with Crippen LogP contribution in [0.5, 0.6) is 0 Å². The summed E-state index contributed by atoms with van der Waals surface area (Å²) in [5, 5.41) is 4.18. The molecule has 0 bridgehead atoms. The number of aromatic nitrogens is 2. The number of sulfonamides is 1. The molecule has 4 rings (SSSR count). The molecule has 1 saturated heterocycles. The lowest BCUT2D eigenvalue weighted by Crippen LogP contribution is -2.48. The minimum atomic E-state index is -3.40. The lowest BCUT2D eigenvalue weighted by atomic mass is 10.1. The molecule has 2 heterocycles. The molecule has 1 aromatic carbocycles. The molecular weight excluding hydrogens is 324 g/mol. The molecule has 0 radical (unpaired) electrons. The maximum atomic E-state index is 12.9. The van der Waals surface area contributed by atoms with Gasteiger partial charge in [0.15, 0.2) is 0 Å². The van der Waals surface area contributed by atoms with E-state index in [2.05, 4.69) is 10.00 Å². The van der Waals surface area contributed by atoms with Crippen LogP contribution in [-0.4, -0.2) is 48.7 Å². The second-order valence-corrected chi connectivity index (χ2v) is 8.49. The summed E-state index contributed by atoms with van der Waals surface area (Å²) in [5.41, 5.74) is 3.55. The number of aryl methyl sites for hydroxylation is 3. The van der Waals surface area contributed by atoms with Crippen LogP contribution < -0.4 is 4.90 Å². The number of benzene rings is 1. The van der Waals surface area contributed by atoms with E-state index in [0.29, 0.717) is 31.1 Å². The number of rotatable bonds is 3. The van der Waals surface area contributed by atoms with Gasteiger partial charge in [0.1, 0.15) is 0 Å². The first-order valence-corrected chi connectivity index (χ1v) is 9.83. The van der Waals surface area contributed by atoms with Gasteiger partial charge in [-0.25, -0.2) is 8.42 Å². The monoisotopic (exact) mass is 346 g/mol. The number of nitrogens with zero attached hydrogens (tertiary/aromatic N) is 4. The number of anilines is 1. The summed E-state index contributed by atoms with van der Waals surface area (Å²) in [5.74, 6) is 0. The number of fused-ring (bicyclic) bond motifs is 1. The molecule has 0 N–H and O–H groups in total. The Morgan fingerprint density at radius 2 is 1.79 bits per heavy atom. The molecular formula is C17H22N4O2S. The highest BCUT2D eigenvalue weighted by atomic mass is 32.2. The van der Waals surface area contributed by atoms with E-state index in [1.807, 2.05) is 31.6 Å². The minimum absolute atomic E-state index is 0.443. The molecule has 0 saturated carbocycles. The zero-order chi connectivity index (χ0) is 16.7. The molecule has 1 aliphatic heterocycles. The van der Waals surface area contributed by atoms with Crippen LogP contribution in [0.25, 0.3) is 0 Å². The molecule has 0 unspecified atom stereocenters. The van der Waals surface area contributed by atoms with Gasteiger partial charge in [0.2, 0.25) is 10.0 Å². The summed E-state index contributed by atoms with van der Waals surface area (Å²) < 4.78 is 29.2. The van der Waals surface area contributed by atoms with Crippen molar-refractivity contribution in [3.05, 3.63) is 41.7 Å². The van der Waals surface area contributed by atoms with E-state index >= 15 is 0 Å². The van der Waals surface area contributed by atoms with Gasteiger partial charge in [0.25, 0.3) is 0 Å². The lowest BCUT2D eigenvalue weighted by Gasteiger charge is -2.34. The molecule has 0 atom stereocenters. The molecule has 128 valence electrons. The molecule has 1 fully saturated rings. The third-order valence-electron chi connectivity index (χ3n) is 5.00. The van der Waals surface area contributed by atoms with Crippen LogP contribution in [0, 0.1) is 0 Å². The predicted octanol–water partition coefficient (Wildman–Crippen LogP) is 1.42. The van der Waals surface area contributed by atoms with Crippen molar-refractivity contribution in [3.63, 3.8) is 0 Å². The van der Waals surface area contributed by atoms with Crippen molar-refractivity contribution < 1.29 is 8.42 Å². The molecule has 1 aromatic heterocycles. The summed E-state index contributed by atoms with van der Waals surface area (Å²) in [6.45, 7) is 2.40. The molecule has 0 spiro atoms. The molecule has 1 aliphatic carbocycles. The van der Waals surface area contributed by atoms with Crippen LogP contribution in [0.15, 0.2) is 35.5 Å². The summed E-state index contributed by atoms with van der Waals surface area (Å²) in [4.78, 5) is 2.62. The highest BCUT2D eigenvalue weighted by Crippen LogP contribution is 2.27. The van der Waals surface area contributed by atoms with Gasteiger partial charge >= 0.3 is 0 Å². The van der Waals surface area contributed by atoms with E-state index < -0.39 is 10.0 Å². The fraction of sp³-hybridized carbons (Fsp3) is 0.471. The SMILES string of the molecule is Cn1cc(N2CCN(S(=O)(=O)c3ccc4c(c3)CCC4)CC2)cn1. The van der Waals surface area contributed by atoms with Crippen molar-refractivity contribution in [3.8, 4) is 0 Å². The van der Waals surface area contributed by atoms with E-state index in [0.717, 1.165) is 24.9 Å². The number of piperazine rings is 1. The van der Waals surface area contributed by atoms with Gasteiger partial charge in [-0.15, -0.1) is 0 Å². The average molecular weight is 346 g/mol. The van der Waals surface area contributed by atoms with Crippen molar-refractivity contribution in [2.45, 2.75) is 24.2 Å². The second-order valence-electron chi connectivity index (χ2n) is 6.55. The van der Waals surface area contributed by atoms with Crippen molar-refractivity contribution in [1.29, 1.82) is 0 Å². The van der Waals surface area contributed by atoms with Crippen molar-refractivity contribution in [2.75, 3.05) is 31.1 Å². The minimum Gasteiger partial charge on any atom is -0.366 e. The third kappa shape index (κ3) is 2.71. The summed E-state index contributed by atoms with van der Waals surface area (Å²) in [6.07, 6.45) is 6.98. The first-order valence-electron chi connectivity index (χ1n) is 8.39. The van der Waals surface area contributed by atoms with E-state index in [4.69, 9.17) is 0 Å². The third-order valence-corrected chi connectivity index (χ3v) is 6.90. The van der Waals surface area contributed by atoms with Gasteiger partial charge in [-0.2, -0.15) is 9.40 Å². The zero-order valence-corrected chi connectivity index (χ0v) is 14.7. The average Bonchev–Trinajstić information content (AvgIpc) is 3.23. The topological polar surface area (TPSA) is 58.4 Å². The smallest absolute Gasteiger partial charge is 0.243 e. The fourth-order valence-electron chi connectivity index (χ4n) is 3.62.